The molecule has 2 aromatic rings. The minimum absolute atomic E-state index is 0.0961. The van der Waals surface area contributed by atoms with E-state index in [4.69, 9.17) is 0 Å². The van der Waals surface area contributed by atoms with E-state index in [1.54, 1.807) is 6.07 Å². The van der Waals surface area contributed by atoms with Crippen molar-refractivity contribution in [1.29, 1.82) is 0 Å². The number of rotatable bonds is 5. The van der Waals surface area contributed by atoms with Gasteiger partial charge in [0, 0.05) is 23.0 Å². The highest BCUT2D eigenvalue weighted by molar-refractivity contribution is 8.04. The first-order valence-electron chi connectivity index (χ1n) is 10.5. The lowest BCUT2D eigenvalue weighted by Gasteiger charge is -2.23. The van der Waals surface area contributed by atoms with E-state index in [0.717, 1.165) is 35.5 Å². The zero-order chi connectivity index (χ0) is 21.1. The van der Waals surface area contributed by atoms with Crippen molar-refractivity contribution in [2.45, 2.75) is 37.6 Å². The van der Waals surface area contributed by atoms with Gasteiger partial charge in [0.25, 0.3) is 11.8 Å². The second-order valence-corrected chi connectivity index (χ2v) is 8.85. The van der Waals surface area contributed by atoms with Gasteiger partial charge in [-0.25, -0.2) is 0 Å². The maximum absolute atomic E-state index is 12.6. The van der Waals surface area contributed by atoms with E-state index < -0.39 is 0 Å². The van der Waals surface area contributed by atoms with Gasteiger partial charge in [0.2, 0.25) is 0 Å². The van der Waals surface area contributed by atoms with E-state index in [2.05, 4.69) is 22.5 Å². The standard InChI is InChI=1S/C24H27N3O2S/c1-3-27-12-6-9-19(27)15-25-23(28)18-10-11-21-20(13-18)26-24(29)22(30-21)14-17-8-5-4-7-16(17)2/h4-5,7-8,10-11,13-14,19H,3,6,9,12,15H2,1-2H3,(H,25,28)(H,26,29). The molecule has 2 aliphatic rings. The van der Waals surface area contributed by atoms with Gasteiger partial charge < -0.3 is 10.6 Å². The number of carbonyl (C=O) groups excluding carboxylic acids is 2. The topological polar surface area (TPSA) is 61.4 Å². The number of nitrogens with zero attached hydrogens (tertiary/aromatic N) is 1. The fourth-order valence-electron chi connectivity index (χ4n) is 4.05. The molecule has 5 nitrogen and oxygen atoms in total. The lowest BCUT2D eigenvalue weighted by molar-refractivity contribution is -0.112. The highest BCUT2D eigenvalue weighted by Gasteiger charge is 2.25. The number of aryl methyl sites for hydroxylation is 1. The van der Waals surface area contributed by atoms with E-state index in [-0.39, 0.29) is 11.8 Å². The van der Waals surface area contributed by atoms with Gasteiger partial charge in [-0.05, 0) is 68.3 Å². The van der Waals surface area contributed by atoms with E-state index in [1.165, 1.54) is 18.2 Å². The Morgan fingerprint density at radius 2 is 2.13 bits per heavy atom. The molecule has 0 spiro atoms. The van der Waals surface area contributed by atoms with E-state index in [9.17, 15) is 9.59 Å². The molecule has 0 saturated carbocycles. The number of thioether (sulfide) groups is 1. The molecule has 0 bridgehead atoms. The van der Waals surface area contributed by atoms with Crippen LogP contribution in [0.4, 0.5) is 5.69 Å². The fourth-order valence-corrected chi connectivity index (χ4v) is 4.97. The van der Waals surface area contributed by atoms with Gasteiger partial charge in [-0.1, -0.05) is 43.0 Å². The summed E-state index contributed by atoms with van der Waals surface area (Å²) in [5.74, 6) is -0.237. The zero-order valence-electron chi connectivity index (χ0n) is 17.4. The first-order valence-corrected chi connectivity index (χ1v) is 11.3. The molecule has 2 aromatic carbocycles. The third kappa shape index (κ3) is 4.45. The van der Waals surface area contributed by atoms with Crippen molar-refractivity contribution < 1.29 is 9.59 Å². The predicted molar refractivity (Wildman–Crippen MR) is 123 cm³/mol. The molecule has 0 radical (unpaired) electrons. The number of fused-ring (bicyclic) bond motifs is 1. The molecule has 2 N–H and O–H groups in total. The highest BCUT2D eigenvalue weighted by atomic mass is 32.2. The molecule has 4 rings (SSSR count). The molecule has 0 aliphatic carbocycles. The lowest BCUT2D eigenvalue weighted by atomic mass is 10.1. The number of amides is 2. The summed E-state index contributed by atoms with van der Waals surface area (Å²) in [6, 6.07) is 13.9. The average Bonchev–Trinajstić information content (AvgIpc) is 3.21. The Labute approximate surface area is 181 Å². The van der Waals surface area contributed by atoms with Crippen molar-refractivity contribution in [3.8, 4) is 0 Å². The molecule has 1 unspecified atom stereocenters. The highest BCUT2D eigenvalue weighted by Crippen LogP contribution is 2.39. The van der Waals surface area contributed by atoms with Crippen molar-refractivity contribution in [3.63, 3.8) is 0 Å². The molecule has 2 aliphatic heterocycles. The lowest BCUT2D eigenvalue weighted by Crippen LogP contribution is -2.40. The van der Waals surface area contributed by atoms with Crippen LogP contribution in [0.25, 0.3) is 6.08 Å². The van der Waals surface area contributed by atoms with Gasteiger partial charge in [0.15, 0.2) is 0 Å². The zero-order valence-corrected chi connectivity index (χ0v) is 18.2. The van der Waals surface area contributed by atoms with Gasteiger partial charge in [0.05, 0.1) is 10.6 Å². The number of nitrogens with one attached hydrogen (secondary N) is 2. The summed E-state index contributed by atoms with van der Waals surface area (Å²) < 4.78 is 0. The third-order valence-electron chi connectivity index (χ3n) is 5.81. The van der Waals surface area contributed by atoms with E-state index in [1.807, 2.05) is 49.4 Å². The summed E-state index contributed by atoms with van der Waals surface area (Å²) in [5.41, 5.74) is 3.42. The predicted octanol–water partition coefficient (Wildman–Crippen LogP) is 4.29. The smallest absolute Gasteiger partial charge is 0.262 e. The quantitative estimate of drug-likeness (QED) is 0.707. The Morgan fingerprint density at radius 3 is 2.93 bits per heavy atom. The number of hydrogen-bond donors (Lipinski definition) is 2. The Bertz CT molecular complexity index is 1000. The fraction of sp³-hybridized carbons (Fsp3) is 0.333. The number of anilines is 1. The van der Waals surface area contributed by atoms with Crippen LogP contribution in [-0.4, -0.2) is 42.4 Å². The molecule has 2 amide bonds. The van der Waals surface area contributed by atoms with Crippen molar-refractivity contribution in [2.75, 3.05) is 25.0 Å². The van der Waals surface area contributed by atoms with Crippen LogP contribution in [0.5, 0.6) is 0 Å². The summed E-state index contributed by atoms with van der Waals surface area (Å²) >= 11 is 1.44. The van der Waals surface area contributed by atoms with Crippen LogP contribution >= 0.6 is 11.8 Å². The molecule has 2 heterocycles. The first kappa shape index (κ1) is 20.7. The molecule has 1 saturated heterocycles. The van der Waals surface area contributed by atoms with Crippen LogP contribution in [0.1, 0.15) is 41.3 Å². The maximum Gasteiger partial charge on any atom is 0.262 e. The molecule has 1 fully saturated rings. The normalized spacial score (nSPS) is 20.1. The van der Waals surface area contributed by atoms with Crippen LogP contribution in [0.15, 0.2) is 52.3 Å². The minimum atomic E-state index is -0.141. The molecule has 156 valence electrons. The molecular weight excluding hydrogens is 394 g/mol. The van der Waals surface area contributed by atoms with Crippen LogP contribution in [0.3, 0.4) is 0 Å². The summed E-state index contributed by atoms with van der Waals surface area (Å²) in [6.45, 7) is 6.97. The number of likely N-dealkylation sites (N-methyl/N-ethyl adjacent to an activating group) is 1. The summed E-state index contributed by atoms with van der Waals surface area (Å²) in [5, 5.41) is 6.00. The number of carbonyl (C=O) groups is 2. The number of likely N-dealkylation sites (tertiary alicyclic amines) is 1. The van der Waals surface area contributed by atoms with Crippen LogP contribution in [0, 0.1) is 6.92 Å². The Balaban J connectivity index is 1.46. The largest absolute Gasteiger partial charge is 0.350 e. The molecular formula is C24H27N3O2S. The molecule has 0 aromatic heterocycles. The van der Waals surface area contributed by atoms with Crippen LogP contribution in [0.2, 0.25) is 0 Å². The second kappa shape index (κ2) is 9.06. The summed E-state index contributed by atoms with van der Waals surface area (Å²) in [7, 11) is 0. The van der Waals surface area contributed by atoms with Crippen molar-refractivity contribution in [1.82, 2.24) is 10.2 Å². The van der Waals surface area contributed by atoms with E-state index in [0.29, 0.717) is 28.7 Å². The van der Waals surface area contributed by atoms with Gasteiger partial charge in [-0.3, -0.25) is 14.5 Å². The van der Waals surface area contributed by atoms with Gasteiger partial charge in [-0.15, -0.1) is 0 Å². The Morgan fingerprint density at radius 1 is 1.30 bits per heavy atom. The van der Waals surface area contributed by atoms with Gasteiger partial charge >= 0.3 is 0 Å². The van der Waals surface area contributed by atoms with Crippen molar-refractivity contribution in [2.24, 2.45) is 0 Å². The molecule has 6 heteroatoms. The van der Waals surface area contributed by atoms with Gasteiger partial charge in [-0.2, -0.15) is 0 Å². The SMILES string of the molecule is CCN1CCCC1CNC(=O)c1ccc2c(c1)NC(=O)C(=Cc1ccccc1C)S2. The summed E-state index contributed by atoms with van der Waals surface area (Å²) in [4.78, 5) is 29.3. The van der Waals surface area contributed by atoms with Crippen LogP contribution in [-0.2, 0) is 4.79 Å². The number of hydrogen-bond acceptors (Lipinski definition) is 4. The van der Waals surface area contributed by atoms with Gasteiger partial charge in [0.1, 0.15) is 0 Å². The Kier molecular flexibility index (Phi) is 6.25. The van der Waals surface area contributed by atoms with E-state index >= 15 is 0 Å². The van der Waals surface area contributed by atoms with Crippen molar-refractivity contribution >= 4 is 35.3 Å². The third-order valence-corrected chi connectivity index (χ3v) is 6.91. The maximum atomic E-state index is 12.6. The average molecular weight is 422 g/mol. The first-order chi connectivity index (χ1) is 14.5. The van der Waals surface area contributed by atoms with Crippen molar-refractivity contribution in [3.05, 3.63) is 64.1 Å². The monoisotopic (exact) mass is 421 g/mol. The Hall–Kier alpha value is -2.57. The molecule has 1 atom stereocenters. The molecule has 30 heavy (non-hydrogen) atoms. The summed E-state index contributed by atoms with van der Waals surface area (Å²) in [6.07, 6.45) is 4.23. The number of benzene rings is 2. The van der Waals surface area contributed by atoms with Crippen LogP contribution < -0.4 is 10.6 Å². The minimum Gasteiger partial charge on any atom is -0.350 e. The second-order valence-electron chi connectivity index (χ2n) is 7.77.